The number of alkyl halides is 1. The van der Waals surface area contributed by atoms with E-state index in [4.69, 9.17) is 0 Å². The summed E-state index contributed by atoms with van der Waals surface area (Å²) in [4.78, 5) is 0. The average Bonchev–Trinajstić information content (AvgIpc) is 1.75. The molecule has 1 heteroatoms. The summed E-state index contributed by atoms with van der Waals surface area (Å²) in [5.41, 5.74) is 1.50. The first-order valence-corrected chi connectivity index (χ1v) is 5.73. The number of hydrogen-bond acceptors (Lipinski definition) is 0. The molecule has 0 amide bonds. The Balaban J connectivity index is 1.83. The summed E-state index contributed by atoms with van der Waals surface area (Å²) >= 11 is 3.56. The lowest BCUT2D eigenvalue weighted by Crippen LogP contribution is -2.51. The first kappa shape index (κ1) is 8.10. The van der Waals surface area contributed by atoms with Gasteiger partial charge in [0.2, 0.25) is 0 Å². The minimum absolute atomic E-state index is 0.678. The van der Waals surface area contributed by atoms with E-state index in [2.05, 4.69) is 29.8 Å². The van der Waals surface area contributed by atoms with Crippen LogP contribution in [0.3, 0.4) is 0 Å². The highest BCUT2D eigenvalue weighted by atomic mass is 79.9. The van der Waals surface area contributed by atoms with Gasteiger partial charge in [0.25, 0.3) is 0 Å². The van der Waals surface area contributed by atoms with E-state index in [1.54, 1.807) is 0 Å². The fourth-order valence-electron chi connectivity index (χ4n) is 3.54. The van der Waals surface area contributed by atoms with E-state index < -0.39 is 0 Å². The SMILES string of the molecule is CC1(C)CC2(CC(CBr)C2)C1. The molecule has 0 unspecified atom stereocenters. The Bertz CT molecular complexity index is 156. The predicted molar refractivity (Wildman–Crippen MR) is 52.0 cm³/mol. The highest BCUT2D eigenvalue weighted by molar-refractivity contribution is 9.09. The van der Waals surface area contributed by atoms with E-state index in [0.29, 0.717) is 5.41 Å². The molecule has 0 bridgehead atoms. The van der Waals surface area contributed by atoms with Crippen LogP contribution < -0.4 is 0 Å². The molecule has 64 valence electrons. The molecular formula is C10H17Br. The minimum Gasteiger partial charge on any atom is -0.0925 e. The third-order valence-corrected chi connectivity index (χ3v) is 4.28. The first-order chi connectivity index (χ1) is 5.05. The maximum atomic E-state index is 3.56. The van der Waals surface area contributed by atoms with Crippen molar-refractivity contribution in [2.45, 2.75) is 39.5 Å². The Labute approximate surface area is 77.9 Å². The lowest BCUT2D eigenvalue weighted by Gasteiger charge is -2.61. The van der Waals surface area contributed by atoms with E-state index in [1.165, 1.54) is 31.0 Å². The quantitative estimate of drug-likeness (QED) is 0.588. The Morgan fingerprint density at radius 3 is 2.18 bits per heavy atom. The summed E-state index contributed by atoms with van der Waals surface area (Å²) in [6.45, 7) is 4.80. The predicted octanol–water partition coefficient (Wildman–Crippen LogP) is 3.60. The third-order valence-electron chi connectivity index (χ3n) is 3.37. The van der Waals surface area contributed by atoms with E-state index in [1.807, 2.05) is 0 Å². The number of hydrogen-bond donors (Lipinski definition) is 0. The van der Waals surface area contributed by atoms with Gasteiger partial charge in [0.1, 0.15) is 0 Å². The molecule has 2 fully saturated rings. The number of rotatable bonds is 1. The van der Waals surface area contributed by atoms with Crippen molar-refractivity contribution in [2.75, 3.05) is 5.33 Å². The van der Waals surface area contributed by atoms with Crippen LogP contribution in [0.2, 0.25) is 0 Å². The maximum absolute atomic E-state index is 3.56. The van der Waals surface area contributed by atoms with Crippen molar-refractivity contribution in [1.29, 1.82) is 0 Å². The van der Waals surface area contributed by atoms with Crippen LogP contribution in [-0.2, 0) is 0 Å². The van der Waals surface area contributed by atoms with Crippen LogP contribution in [0.5, 0.6) is 0 Å². The fraction of sp³-hybridized carbons (Fsp3) is 1.00. The molecule has 0 radical (unpaired) electrons. The Hall–Kier alpha value is 0.480. The van der Waals surface area contributed by atoms with Gasteiger partial charge in [-0.25, -0.2) is 0 Å². The summed E-state index contributed by atoms with van der Waals surface area (Å²) in [5.74, 6) is 1.01. The van der Waals surface area contributed by atoms with Crippen molar-refractivity contribution in [3.8, 4) is 0 Å². The zero-order chi connectivity index (χ0) is 8.11. The summed E-state index contributed by atoms with van der Waals surface area (Å²) in [7, 11) is 0. The summed E-state index contributed by atoms with van der Waals surface area (Å²) in [6, 6.07) is 0. The smallest absolute Gasteiger partial charge is 0.00600 e. The van der Waals surface area contributed by atoms with Gasteiger partial charge in [-0.3, -0.25) is 0 Å². The molecule has 0 aromatic carbocycles. The van der Waals surface area contributed by atoms with E-state index in [0.717, 1.165) is 11.3 Å². The molecule has 2 rings (SSSR count). The second-order valence-electron chi connectivity index (χ2n) is 5.45. The van der Waals surface area contributed by atoms with Gasteiger partial charge >= 0.3 is 0 Å². The molecule has 0 nitrogen and oxygen atoms in total. The van der Waals surface area contributed by atoms with Crippen molar-refractivity contribution in [2.24, 2.45) is 16.7 Å². The zero-order valence-corrected chi connectivity index (χ0v) is 9.08. The second-order valence-corrected chi connectivity index (χ2v) is 6.09. The molecule has 2 aliphatic rings. The average molecular weight is 217 g/mol. The zero-order valence-electron chi connectivity index (χ0n) is 7.49. The van der Waals surface area contributed by atoms with Gasteiger partial charge in [0, 0.05) is 5.33 Å². The van der Waals surface area contributed by atoms with Gasteiger partial charge in [-0.2, -0.15) is 0 Å². The van der Waals surface area contributed by atoms with Crippen LogP contribution in [0.1, 0.15) is 39.5 Å². The minimum atomic E-state index is 0.678. The largest absolute Gasteiger partial charge is 0.0925 e. The van der Waals surface area contributed by atoms with Crippen molar-refractivity contribution < 1.29 is 0 Å². The normalized spacial score (nSPS) is 33.0. The van der Waals surface area contributed by atoms with Crippen molar-refractivity contribution in [3.63, 3.8) is 0 Å². The molecule has 0 N–H and O–H groups in total. The van der Waals surface area contributed by atoms with E-state index in [-0.39, 0.29) is 0 Å². The second kappa shape index (κ2) is 2.25. The third kappa shape index (κ3) is 1.26. The Morgan fingerprint density at radius 1 is 1.27 bits per heavy atom. The van der Waals surface area contributed by atoms with Gasteiger partial charge < -0.3 is 0 Å². The molecule has 2 aliphatic carbocycles. The van der Waals surface area contributed by atoms with Crippen LogP contribution >= 0.6 is 15.9 Å². The van der Waals surface area contributed by atoms with Crippen LogP contribution in [0, 0.1) is 16.7 Å². The van der Waals surface area contributed by atoms with Crippen LogP contribution in [0.25, 0.3) is 0 Å². The lowest BCUT2D eigenvalue weighted by atomic mass is 9.44. The highest BCUT2D eigenvalue weighted by Crippen LogP contribution is 2.66. The van der Waals surface area contributed by atoms with Crippen molar-refractivity contribution in [3.05, 3.63) is 0 Å². The van der Waals surface area contributed by atoms with Gasteiger partial charge in [-0.1, -0.05) is 29.8 Å². The maximum Gasteiger partial charge on any atom is 0.00600 e. The molecule has 0 aliphatic heterocycles. The first-order valence-electron chi connectivity index (χ1n) is 4.61. The summed E-state index contributed by atoms with van der Waals surface area (Å²) in [6.07, 6.45) is 5.98. The highest BCUT2D eigenvalue weighted by Gasteiger charge is 2.55. The molecule has 0 aromatic heterocycles. The molecule has 1 spiro atoms. The van der Waals surface area contributed by atoms with E-state index in [9.17, 15) is 0 Å². The van der Waals surface area contributed by atoms with Gasteiger partial charge in [0.05, 0.1) is 0 Å². The van der Waals surface area contributed by atoms with Gasteiger partial charge in [0.15, 0.2) is 0 Å². The molecule has 0 atom stereocenters. The molecule has 2 saturated carbocycles. The monoisotopic (exact) mass is 216 g/mol. The van der Waals surface area contributed by atoms with Crippen LogP contribution in [0.4, 0.5) is 0 Å². The van der Waals surface area contributed by atoms with Crippen molar-refractivity contribution in [1.82, 2.24) is 0 Å². The van der Waals surface area contributed by atoms with Gasteiger partial charge in [-0.05, 0) is 42.4 Å². The lowest BCUT2D eigenvalue weighted by molar-refractivity contribution is -0.103. The molecule has 0 heterocycles. The van der Waals surface area contributed by atoms with E-state index >= 15 is 0 Å². The van der Waals surface area contributed by atoms with Gasteiger partial charge in [-0.15, -0.1) is 0 Å². The molecule has 11 heavy (non-hydrogen) atoms. The summed E-state index contributed by atoms with van der Waals surface area (Å²) in [5, 5.41) is 1.23. The Kier molecular flexibility index (Phi) is 1.65. The van der Waals surface area contributed by atoms with Crippen LogP contribution in [-0.4, -0.2) is 5.33 Å². The standard InChI is InChI=1S/C10H17Br/c1-9(2)6-10(7-9)3-8(4-10)5-11/h8H,3-7H2,1-2H3. The Morgan fingerprint density at radius 2 is 1.82 bits per heavy atom. The van der Waals surface area contributed by atoms with Crippen LogP contribution in [0.15, 0.2) is 0 Å². The molecule has 0 saturated heterocycles. The topological polar surface area (TPSA) is 0 Å². The summed E-state index contributed by atoms with van der Waals surface area (Å²) < 4.78 is 0. The van der Waals surface area contributed by atoms with Crippen molar-refractivity contribution >= 4 is 15.9 Å². The molecular weight excluding hydrogens is 200 g/mol. The number of halogens is 1. The fourth-order valence-corrected chi connectivity index (χ4v) is 4.00. The molecule has 0 aromatic rings.